The molecule has 114 valence electrons. The molecule has 3 N–H and O–H groups in total. The molecule has 2 fully saturated rings. The van der Waals surface area contributed by atoms with Gasteiger partial charge in [-0.25, -0.2) is 4.98 Å². The van der Waals surface area contributed by atoms with Crippen molar-refractivity contribution < 1.29 is 4.74 Å². The van der Waals surface area contributed by atoms with Crippen LogP contribution in [0, 0.1) is 12.3 Å². The first-order valence-corrected chi connectivity index (χ1v) is 7.53. The molecule has 0 aromatic carbocycles. The Bertz CT molecular complexity index is 527. The minimum atomic E-state index is 0.102. The van der Waals surface area contributed by atoms with Crippen molar-refractivity contribution in [1.29, 1.82) is 5.41 Å². The Labute approximate surface area is 125 Å². The maximum absolute atomic E-state index is 7.81. The summed E-state index contributed by atoms with van der Waals surface area (Å²) in [7, 11) is 0. The molecule has 0 saturated carbocycles. The van der Waals surface area contributed by atoms with Crippen molar-refractivity contribution in [1.82, 2.24) is 9.88 Å². The number of ether oxygens (including phenoxy) is 1. The van der Waals surface area contributed by atoms with Gasteiger partial charge in [-0.3, -0.25) is 10.3 Å². The largest absolute Gasteiger partial charge is 0.384 e. The van der Waals surface area contributed by atoms with Crippen LogP contribution < -0.4 is 10.6 Å². The highest BCUT2D eigenvalue weighted by molar-refractivity contribution is 6.01. The van der Waals surface area contributed by atoms with Gasteiger partial charge in [-0.1, -0.05) is 0 Å². The van der Waals surface area contributed by atoms with E-state index in [0.29, 0.717) is 6.04 Å². The van der Waals surface area contributed by atoms with Gasteiger partial charge < -0.3 is 15.4 Å². The number of nitrogens with one attached hydrogen (secondary N) is 1. The quantitative estimate of drug-likeness (QED) is 0.629. The molecular formula is C15H23N5O. The number of anilines is 1. The Morgan fingerprint density at radius 1 is 1.38 bits per heavy atom. The molecule has 6 heteroatoms. The average molecular weight is 289 g/mol. The predicted octanol–water partition coefficient (Wildman–Crippen LogP) is 0.585. The number of hydrogen-bond donors (Lipinski definition) is 2. The zero-order valence-corrected chi connectivity index (χ0v) is 12.5. The molecule has 3 heterocycles. The van der Waals surface area contributed by atoms with E-state index in [1.54, 1.807) is 6.20 Å². The zero-order valence-electron chi connectivity index (χ0n) is 12.5. The van der Waals surface area contributed by atoms with E-state index in [2.05, 4.69) is 14.8 Å². The molecule has 2 aliphatic rings. The van der Waals surface area contributed by atoms with E-state index in [1.807, 2.05) is 13.0 Å². The highest BCUT2D eigenvalue weighted by Gasteiger charge is 2.30. The van der Waals surface area contributed by atoms with E-state index in [1.165, 1.54) is 0 Å². The van der Waals surface area contributed by atoms with E-state index in [4.69, 9.17) is 15.9 Å². The van der Waals surface area contributed by atoms with Crippen molar-refractivity contribution in [2.45, 2.75) is 19.4 Å². The molecule has 0 bridgehead atoms. The van der Waals surface area contributed by atoms with Crippen molar-refractivity contribution in [3.05, 3.63) is 23.4 Å². The molecule has 1 aromatic heterocycles. The van der Waals surface area contributed by atoms with Crippen molar-refractivity contribution in [3.8, 4) is 0 Å². The Morgan fingerprint density at radius 2 is 2.14 bits per heavy atom. The molecule has 2 saturated heterocycles. The van der Waals surface area contributed by atoms with Gasteiger partial charge in [-0.05, 0) is 25.0 Å². The van der Waals surface area contributed by atoms with Gasteiger partial charge in [0.1, 0.15) is 11.7 Å². The highest BCUT2D eigenvalue weighted by Crippen LogP contribution is 2.26. The van der Waals surface area contributed by atoms with Gasteiger partial charge in [0.2, 0.25) is 0 Å². The topological polar surface area (TPSA) is 78.5 Å². The van der Waals surface area contributed by atoms with Gasteiger partial charge >= 0.3 is 0 Å². The summed E-state index contributed by atoms with van der Waals surface area (Å²) in [6.45, 7) is 7.60. The van der Waals surface area contributed by atoms with Gasteiger partial charge in [-0.2, -0.15) is 0 Å². The van der Waals surface area contributed by atoms with E-state index >= 15 is 0 Å². The summed E-state index contributed by atoms with van der Waals surface area (Å²) in [5.41, 5.74) is 7.54. The molecule has 0 radical (unpaired) electrons. The standard InChI is InChI=1S/C15H23N5O/c1-11-2-4-18-15(13(11)14(16)17)20-5-3-12(10-20)19-6-8-21-9-7-19/h2,4,12H,3,5-10H2,1H3,(H3,16,17). The van der Waals surface area contributed by atoms with E-state index < -0.39 is 0 Å². The van der Waals surface area contributed by atoms with Crippen LogP contribution in [0.5, 0.6) is 0 Å². The lowest BCUT2D eigenvalue weighted by Gasteiger charge is -2.32. The van der Waals surface area contributed by atoms with E-state index in [-0.39, 0.29) is 5.84 Å². The molecule has 1 atom stereocenters. The number of nitrogen functional groups attached to an aromatic ring is 1. The van der Waals surface area contributed by atoms with Crippen LogP contribution in [0.15, 0.2) is 12.3 Å². The first-order valence-electron chi connectivity index (χ1n) is 7.53. The molecule has 2 aliphatic heterocycles. The lowest BCUT2D eigenvalue weighted by Crippen LogP contribution is -2.44. The van der Waals surface area contributed by atoms with Crippen LogP contribution in [0.3, 0.4) is 0 Å². The van der Waals surface area contributed by atoms with Crippen LogP contribution in [0.25, 0.3) is 0 Å². The minimum Gasteiger partial charge on any atom is -0.384 e. The Hall–Kier alpha value is -1.66. The first-order chi connectivity index (χ1) is 10.2. The van der Waals surface area contributed by atoms with Gasteiger partial charge in [0.15, 0.2) is 0 Å². The summed E-state index contributed by atoms with van der Waals surface area (Å²) >= 11 is 0. The molecule has 6 nitrogen and oxygen atoms in total. The van der Waals surface area contributed by atoms with Gasteiger partial charge in [0.25, 0.3) is 0 Å². The second-order valence-corrected chi connectivity index (χ2v) is 5.78. The van der Waals surface area contributed by atoms with Gasteiger partial charge in [-0.15, -0.1) is 0 Å². The van der Waals surface area contributed by atoms with Crippen molar-refractivity contribution >= 4 is 11.7 Å². The van der Waals surface area contributed by atoms with Crippen LogP contribution in [0.4, 0.5) is 5.82 Å². The molecule has 1 aromatic rings. The fourth-order valence-corrected chi connectivity index (χ4v) is 3.29. The first kappa shape index (κ1) is 14.3. The SMILES string of the molecule is Cc1ccnc(N2CCC(N3CCOCC3)C2)c1C(=N)N. The normalized spacial score (nSPS) is 23.5. The van der Waals surface area contributed by atoms with Crippen molar-refractivity contribution in [2.24, 2.45) is 5.73 Å². The summed E-state index contributed by atoms with van der Waals surface area (Å²) < 4.78 is 5.42. The predicted molar refractivity (Wildman–Crippen MR) is 83.0 cm³/mol. The number of nitrogens with zero attached hydrogens (tertiary/aromatic N) is 3. The monoisotopic (exact) mass is 289 g/mol. The number of aryl methyl sites for hydroxylation is 1. The second-order valence-electron chi connectivity index (χ2n) is 5.78. The summed E-state index contributed by atoms with van der Waals surface area (Å²) in [6.07, 6.45) is 2.94. The summed E-state index contributed by atoms with van der Waals surface area (Å²) in [5.74, 6) is 0.962. The van der Waals surface area contributed by atoms with Crippen LogP contribution in [0.1, 0.15) is 17.5 Å². The summed E-state index contributed by atoms with van der Waals surface area (Å²) in [5, 5.41) is 7.81. The number of pyridine rings is 1. The zero-order chi connectivity index (χ0) is 14.8. The smallest absolute Gasteiger partial charge is 0.139 e. The molecule has 3 rings (SSSR count). The van der Waals surface area contributed by atoms with Crippen molar-refractivity contribution in [2.75, 3.05) is 44.3 Å². The summed E-state index contributed by atoms with van der Waals surface area (Å²) in [4.78, 5) is 9.26. The lowest BCUT2D eigenvalue weighted by atomic mass is 10.1. The maximum Gasteiger partial charge on any atom is 0.139 e. The van der Waals surface area contributed by atoms with Crippen LogP contribution in [-0.4, -0.2) is 61.2 Å². The second kappa shape index (κ2) is 5.99. The van der Waals surface area contributed by atoms with Crippen LogP contribution in [0.2, 0.25) is 0 Å². The third-order valence-corrected chi connectivity index (χ3v) is 4.43. The number of rotatable bonds is 3. The number of amidine groups is 1. The minimum absolute atomic E-state index is 0.102. The maximum atomic E-state index is 7.81. The third kappa shape index (κ3) is 2.87. The van der Waals surface area contributed by atoms with Crippen LogP contribution >= 0.6 is 0 Å². The fourth-order valence-electron chi connectivity index (χ4n) is 3.29. The Kier molecular flexibility index (Phi) is 4.07. The Morgan fingerprint density at radius 3 is 2.86 bits per heavy atom. The number of nitrogens with two attached hydrogens (primary N) is 1. The molecule has 0 aliphatic carbocycles. The molecule has 0 spiro atoms. The van der Waals surface area contributed by atoms with Gasteiger partial charge in [0, 0.05) is 38.4 Å². The molecule has 21 heavy (non-hydrogen) atoms. The lowest BCUT2D eigenvalue weighted by molar-refractivity contribution is 0.0209. The molecule has 0 amide bonds. The third-order valence-electron chi connectivity index (χ3n) is 4.43. The summed E-state index contributed by atoms with van der Waals surface area (Å²) in [6, 6.07) is 2.46. The molecular weight excluding hydrogens is 266 g/mol. The van der Waals surface area contributed by atoms with Crippen molar-refractivity contribution in [3.63, 3.8) is 0 Å². The van der Waals surface area contributed by atoms with E-state index in [9.17, 15) is 0 Å². The van der Waals surface area contributed by atoms with E-state index in [0.717, 1.165) is 62.8 Å². The van der Waals surface area contributed by atoms with Crippen LogP contribution in [-0.2, 0) is 4.74 Å². The number of aromatic nitrogens is 1. The number of hydrogen-bond acceptors (Lipinski definition) is 5. The van der Waals surface area contributed by atoms with Gasteiger partial charge in [0.05, 0.1) is 18.8 Å². The fraction of sp³-hybridized carbons (Fsp3) is 0.600. The Balaban J connectivity index is 1.77. The highest BCUT2D eigenvalue weighted by atomic mass is 16.5. The average Bonchev–Trinajstić information content (AvgIpc) is 2.97. The number of morpholine rings is 1. The molecule has 1 unspecified atom stereocenters.